The zero-order valence-electron chi connectivity index (χ0n) is 11.8. The molecule has 1 atom stereocenters. The van der Waals surface area contributed by atoms with Gasteiger partial charge in [-0.2, -0.15) is 0 Å². The molecular formula is C16H19BrN2. The number of aromatic nitrogens is 1. The van der Waals surface area contributed by atoms with Crippen LogP contribution in [0.25, 0.3) is 0 Å². The fraction of sp³-hybridized carbons (Fsp3) is 0.312. The standard InChI is InChI=1S/C16H19BrN2/c1-10-5-12(3)15(6-11(10)2)16(18-4)13-7-14(17)9-19-8-13/h5-9,16,18H,1-4H3. The molecule has 0 spiro atoms. The van der Waals surface area contributed by atoms with Gasteiger partial charge in [-0.05, 0) is 77.6 Å². The van der Waals surface area contributed by atoms with Crippen LogP contribution < -0.4 is 5.32 Å². The third kappa shape index (κ3) is 3.04. The molecule has 2 rings (SSSR count). The molecule has 0 aliphatic carbocycles. The van der Waals surface area contributed by atoms with Gasteiger partial charge in [0.2, 0.25) is 0 Å². The molecule has 1 N–H and O–H groups in total. The summed E-state index contributed by atoms with van der Waals surface area (Å²) in [5.74, 6) is 0. The first-order chi connectivity index (χ1) is 9.02. The average Bonchev–Trinajstić information content (AvgIpc) is 2.36. The van der Waals surface area contributed by atoms with E-state index in [-0.39, 0.29) is 6.04 Å². The number of hydrogen-bond acceptors (Lipinski definition) is 2. The summed E-state index contributed by atoms with van der Waals surface area (Å²) >= 11 is 3.49. The Kier molecular flexibility index (Phi) is 4.38. The number of pyridine rings is 1. The first-order valence-electron chi connectivity index (χ1n) is 6.38. The van der Waals surface area contributed by atoms with Crippen molar-refractivity contribution in [3.8, 4) is 0 Å². The van der Waals surface area contributed by atoms with Crippen molar-refractivity contribution in [3.05, 3.63) is 62.9 Å². The van der Waals surface area contributed by atoms with Crippen LogP contribution in [0.15, 0.2) is 35.1 Å². The molecule has 2 nitrogen and oxygen atoms in total. The number of rotatable bonds is 3. The summed E-state index contributed by atoms with van der Waals surface area (Å²) < 4.78 is 1.01. The number of benzene rings is 1. The van der Waals surface area contributed by atoms with Crippen LogP contribution in [0, 0.1) is 20.8 Å². The number of aryl methyl sites for hydroxylation is 3. The lowest BCUT2D eigenvalue weighted by Crippen LogP contribution is -2.19. The Balaban J connectivity index is 2.51. The summed E-state index contributed by atoms with van der Waals surface area (Å²) in [6, 6.07) is 6.81. The van der Waals surface area contributed by atoms with Crippen molar-refractivity contribution in [2.24, 2.45) is 0 Å². The van der Waals surface area contributed by atoms with E-state index in [1.807, 2.05) is 19.4 Å². The predicted octanol–water partition coefficient (Wildman–Crippen LogP) is 4.08. The summed E-state index contributed by atoms with van der Waals surface area (Å²) in [7, 11) is 1.99. The second-order valence-corrected chi connectivity index (χ2v) is 5.87. The highest BCUT2D eigenvalue weighted by Gasteiger charge is 2.15. The number of nitrogens with one attached hydrogen (secondary N) is 1. The molecule has 100 valence electrons. The molecule has 0 saturated carbocycles. The lowest BCUT2D eigenvalue weighted by molar-refractivity contribution is 0.683. The van der Waals surface area contributed by atoms with Crippen LogP contribution in [-0.2, 0) is 0 Å². The van der Waals surface area contributed by atoms with Gasteiger partial charge in [0, 0.05) is 16.9 Å². The molecular weight excluding hydrogens is 300 g/mol. The van der Waals surface area contributed by atoms with Gasteiger partial charge < -0.3 is 5.32 Å². The maximum Gasteiger partial charge on any atom is 0.0592 e. The normalized spacial score (nSPS) is 12.5. The van der Waals surface area contributed by atoms with Crippen molar-refractivity contribution in [1.82, 2.24) is 10.3 Å². The van der Waals surface area contributed by atoms with Gasteiger partial charge in [-0.25, -0.2) is 0 Å². The van der Waals surface area contributed by atoms with Crippen LogP contribution in [0.4, 0.5) is 0 Å². The summed E-state index contributed by atoms with van der Waals surface area (Å²) in [6.07, 6.45) is 3.73. The maximum atomic E-state index is 4.26. The van der Waals surface area contributed by atoms with E-state index in [1.54, 1.807) is 0 Å². The zero-order valence-corrected chi connectivity index (χ0v) is 13.4. The summed E-state index contributed by atoms with van der Waals surface area (Å²) in [5, 5.41) is 3.39. The largest absolute Gasteiger partial charge is 0.309 e. The van der Waals surface area contributed by atoms with E-state index in [2.05, 4.69) is 65.2 Å². The van der Waals surface area contributed by atoms with E-state index < -0.39 is 0 Å². The van der Waals surface area contributed by atoms with Crippen molar-refractivity contribution in [2.75, 3.05) is 7.05 Å². The summed E-state index contributed by atoms with van der Waals surface area (Å²) in [4.78, 5) is 4.26. The molecule has 0 saturated heterocycles. The SMILES string of the molecule is CNC(c1cncc(Br)c1)c1cc(C)c(C)cc1C. The minimum Gasteiger partial charge on any atom is -0.309 e. The molecule has 1 heterocycles. The number of nitrogens with zero attached hydrogens (tertiary/aromatic N) is 1. The van der Waals surface area contributed by atoms with Crippen LogP contribution in [0.5, 0.6) is 0 Å². The fourth-order valence-electron chi connectivity index (χ4n) is 2.38. The number of hydrogen-bond donors (Lipinski definition) is 1. The van der Waals surface area contributed by atoms with Crippen LogP contribution in [0.2, 0.25) is 0 Å². The topological polar surface area (TPSA) is 24.9 Å². The zero-order chi connectivity index (χ0) is 14.0. The minimum absolute atomic E-state index is 0.171. The molecule has 1 unspecified atom stereocenters. The molecule has 1 aromatic carbocycles. The van der Waals surface area contributed by atoms with Gasteiger partial charge >= 0.3 is 0 Å². The minimum atomic E-state index is 0.171. The Hall–Kier alpha value is -1.19. The van der Waals surface area contributed by atoms with Gasteiger partial charge in [-0.15, -0.1) is 0 Å². The van der Waals surface area contributed by atoms with Gasteiger partial charge in [-0.3, -0.25) is 4.98 Å². The quantitative estimate of drug-likeness (QED) is 0.922. The van der Waals surface area contributed by atoms with E-state index in [4.69, 9.17) is 0 Å². The second kappa shape index (κ2) is 5.85. The van der Waals surface area contributed by atoms with Crippen molar-refractivity contribution in [1.29, 1.82) is 0 Å². The van der Waals surface area contributed by atoms with Crippen molar-refractivity contribution in [2.45, 2.75) is 26.8 Å². The van der Waals surface area contributed by atoms with E-state index >= 15 is 0 Å². The fourth-order valence-corrected chi connectivity index (χ4v) is 2.76. The van der Waals surface area contributed by atoms with E-state index in [0.717, 1.165) is 4.47 Å². The molecule has 0 fully saturated rings. The van der Waals surface area contributed by atoms with Gasteiger partial charge in [0.1, 0.15) is 0 Å². The smallest absolute Gasteiger partial charge is 0.0592 e. The van der Waals surface area contributed by atoms with E-state index in [9.17, 15) is 0 Å². The summed E-state index contributed by atoms with van der Waals surface area (Å²) in [6.45, 7) is 6.48. The van der Waals surface area contributed by atoms with Gasteiger partial charge in [-0.1, -0.05) is 12.1 Å². The van der Waals surface area contributed by atoms with Crippen LogP contribution >= 0.6 is 15.9 Å². The van der Waals surface area contributed by atoms with Crippen molar-refractivity contribution in [3.63, 3.8) is 0 Å². The van der Waals surface area contributed by atoms with Crippen LogP contribution in [0.1, 0.15) is 33.9 Å². The average molecular weight is 319 g/mol. The highest BCUT2D eigenvalue weighted by Crippen LogP contribution is 2.27. The van der Waals surface area contributed by atoms with Gasteiger partial charge in [0.05, 0.1) is 6.04 Å². The molecule has 0 bridgehead atoms. The van der Waals surface area contributed by atoms with Crippen LogP contribution in [-0.4, -0.2) is 12.0 Å². The molecule has 0 aliphatic rings. The number of halogens is 1. The van der Waals surface area contributed by atoms with Crippen LogP contribution in [0.3, 0.4) is 0 Å². The predicted molar refractivity (Wildman–Crippen MR) is 83.5 cm³/mol. The van der Waals surface area contributed by atoms with Gasteiger partial charge in [0.15, 0.2) is 0 Å². The second-order valence-electron chi connectivity index (χ2n) is 4.95. The molecule has 0 amide bonds. The van der Waals surface area contributed by atoms with E-state index in [0.29, 0.717) is 0 Å². The molecule has 19 heavy (non-hydrogen) atoms. The first kappa shape index (κ1) is 14.2. The lowest BCUT2D eigenvalue weighted by atomic mass is 9.92. The van der Waals surface area contributed by atoms with Crippen molar-refractivity contribution < 1.29 is 0 Å². The van der Waals surface area contributed by atoms with Crippen molar-refractivity contribution >= 4 is 15.9 Å². The Labute approximate surface area is 123 Å². The Bertz CT molecular complexity index is 593. The molecule has 0 aliphatic heterocycles. The Morgan fingerprint density at radius 2 is 1.68 bits per heavy atom. The maximum absolute atomic E-state index is 4.26. The third-order valence-electron chi connectivity index (χ3n) is 3.54. The van der Waals surface area contributed by atoms with Gasteiger partial charge in [0.25, 0.3) is 0 Å². The molecule has 0 radical (unpaired) electrons. The Morgan fingerprint density at radius 3 is 2.32 bits per heavy atom. The summed E-state index contributed by atoms with van der Waals surface area (Å²) in [5.41, 5.74) is 6.45. The highest BCUT2D eigenvalue weighted by atomic mass is 79.9. The van der Waals surface area contributed by atoms with E-state index in [1.165, 1.54) is 27.8 Å². The molecule has 3 heteroatoms. The monoisotopic (exact) mass is 318 g/mol. The lowest BCUT2D eigenvalue weighted by Gasteiger charge is -2.20. The first-order valence-corrected chi connectivity index (χ1v) is 7.17. The molecule has 2 aromatic rings. The Morgan fingerprint density at radius 1 is 1.00 bits per heavy atom. The highest BCUT2D eigenvalue weighted by molar-refractivity contribution is 9.10. The third-order valence-corrected chi connectivity index (χ3v) is 3.98. The molecule has 1 aromatic heterocycles.